The van der Waals surface area contributed by atoms with Gasteiger partial charge in [-0.2, -0.15) is 0 Å². The third-order valence-corrected chi connectivity index (χ3v) is 2.45. The van der Waals surface area contributed by atoms with Crippen molar-refractivity contribution in [1.82, 2.24) is 4.90 Å². The van der Waals surface area contributed by atoms with Gasteiger partial charge in [0.05, 0.1) is 0 Å². The molecule has 0 atom stereocenters. The molecule has 0 saturated carbocycles. The second-order valence-corrected chi connectivity index (χ2v) is 7.25. The van der Waals surface area contributed by atoms with E-state index in [0.29, 0.717) is 12.3 Å². The summed E-state index contributed by atoms with van der Waals surface area (Å²) in [7, 11) is 1.64. The van der Waals surface area contributed by atoms with Crippen molar-refractivity contribution in [3.05, 3.63) is 0 Å². The van der Waals surface area contributed by atoms with Crippen molar-refractivity contribution < 1.29 is 19.1 Å². The lowest BCUT2D eigenvalue weighted by molar-refractivity contribution is 0.0308. The molecule has 0 aliphatic rings. The Morgan fingerprint density at radius 2 is 1.47 bits per heavy atom. The summed E-state index contributed by atoms with van der Waals surface area (Å²) in [5, 5.41) is -0.329. The molecule has 0 aliphatic carbocycles. The average molecular weight is 291 g/mol. The second-order valence-electron chi connectivity index (χ2n) is 6.21. The van der Waals surface area contributed by atoms with E-state index >= 15 is 0 Å². The summed E-state index contributed by atoms with van der Waals surface area (Å²) in [6.07, 6.45) is -0.391. The smallest absolute Gasteiger partial charge is 0.410 e. The quantitative estimate of drug-likeness (QED) is 0.745. The largest absolute Gasteiger partial charge is 0.452 e. The van der Waals surface area contributed by atoms with Crippen molar-refractivity contribution in [3.8, 4) is 0 Å². The van der Waals surface area contributed by atoms with Crippen LogP contribution >= 0.6 is 11.8 Å². The highest BCUT2D eigenvalue weighted by Gasteiger charge is 2.20. The van der Waals surface area contributed by atoms with Crippen LogP contribution in [-0.4, -0.2) is 46.8 Å². The van der Waals surface area contributed by atoms with Crippen LogP contribution in [-0.2, 0) is 9.47 Å². The number of rotatable bonds is 3. The number of thioether (sulfide) groups is 1. The lowest BCUT2D eigenvalue weighted by Gasteiger charge is -2.24. The van der Waals surface area contributed by atoms with Gasteiger partial charge in [0, 0.05) is 19.3 Å². The van der Waals surface area contributed by atoms with E-state index in [-0.39, 0.29) is 5.30 Å². The third kappa shape index (κ3) is 10.7. The van der Waals surface area contributed by atoms with Gasteiger partial charge in [-0.05, 0) is 53.3 Å². The fraction of sp³-hybridized carbons (Fsp3) is 0.846. The van der Waals surface area contributed by atoms with E-state index in [1.807, 2.05) is 41.5 Å². The van der Waals surface area contributed by atoms with Gasteiger partial charge in [0.15, 0.2) is 0 Å². The molecule has 1 amide bonds. The number of hydrogen-bond donors (Lipinski definition) is 0. The molecule has 0 aromatic rings. The van der Waals surface area contributed by atoms with Crippen LogP contribution in [0.1, 0.15) is 41.5 Å². The fourth-order valence-corrected chi connectivity index (χ4v) is 1.82. The third-order valence-electron chi connectivity index (χ3n) is 1.74. The number of carbonyl (C=O) groups is 2. The number of ether oxygens (including phenoxy) is 2. The van der Waals surface area contributed by atoms with Gasteiger partial charge in [-0.25, -0.2) is 9.59 Å². The highest BCUT2D eigenvalue weighted by Crippen LogP contribution is 2.15. The zero-order valence-corrected chi connectivity index (χ0v) is 13.7. The standard InChI is InChI=1S/C13H25NO4S/c1-12(2,3)17-10(15)14(7)8-9-19-11(16)18-13(4,5)6/h8-9H2,1-7H3. The molecule has 6 heteroatoms. The maximum absolute atomic E-state index is 11.6. The molecule has 0 N–H and O–H groups in total. The zero-order chi connectivity index (χ0) is 15.3. The molecule has 0 spiro atoms. The Balaban J connectivity index is 3.95. The Morgan fingerprint density at radius 1 is 1.00 bits per heavy atom. The highest BCUT2D eigenvalue weighted by atomic mass is 32.2. The molecule has 0 aromatic carbocycles. The molecule has 0 rings (SSSR count). The van der Waals surface area contributed by atoms with Crippen LogP contribution in [0.2, 0.25) is 0 Å². The predicted molar refractivity (Wildman–Crippen MR) is 77.6 cm³/mol. The van der Waals surface area contributed by atoms with Gasteiger partial charge >= 0.3 is 11.4 Å². The van der Waals surface area contributed by atoms with Gasteiger partial charge in [0.25, 0.3) is 0 Å². The molecule has 0 saturated heterocycles. The number of nitrogens with zero attached hydrogens (tertiary/aromatic N) is 1. The maximum Gasteiger partial charge on any atom is 0.410 e. The molecule has 0 heterocycles. The highest BCUT2D eigenvalue weighted by molar-refractivity contribution is 8.13. The Bertz CT molecular complexity index is 318. The molecule has 0 fully saturated rings. The Hall–Kier alpha value is -0.910. The number of carbonyl (C=O) groups excluding carboxylic acids is 2. The summed E-state index contributed by atoms with van der Waals surface area (Å²) in [6.45, 7) is 11.3. The molecule has 112 valence electrons. The number of hydrogen-bond acceptors (Lipinski definition) is 5. The molecule has 19 heavy (non-hydrogen) atoms. The predicted octanol–water partition coefficient (Wildman–Crippen LogP) is 3.52. The van der Waals surface area contributed by atoms with Gasteiger partial charge in [0.1, 0.15) is 11.2 Å². The first-order chi connectivity index (χ1) is 8.41. The van der Waals surface area contributed by atoms with Crippen molar-refractivity contribution in [1.29, 1.82) is 0 Å². The molecule has 0 radical (unpaired) electrons. The molecular weight excluding hydrogens is 266 g/mol. The fourth-order valence-electron chi connectivity index (χ4n) is 0.977. The normalized spacial score (nSPS) is 11.9. The molecule has 5 nitrogen and oxygen atoms in total. The lowest BCUT2D eigenvalue weighted by Crippen LogP contribution is -2.35. The van der Waals surface area contributed by atoms with E-state index in [1.165, 1.54) is 4.90 Å². The molecule has 0 bridgehead atoms. The minimum absolute atomic E-state index is 0.329. The van der Waals surface area contributed by atoms with Crippen LogP contribution in [0.5, 0.6) is 0 Å². The Labute approximate surface area is 120 Å². The summed E-state index contributed by atoms with van der Waals surface area (Å²) >= 11 is 1.06. The summed E-state index contributed by atoms with van der Waals surface area (Å²) in [5.74, 6) is 0.477. The molecule has 0 aliphatic heterocycles. The first-order valence-corrected chi connectivity index (χ1v) is 7.19. The molecule has 0 unspecified atom stereocenters. The Morgan fingerprint density at radius 3 is 1.89 bits per heavy atom. The summed E-state index contributed by atoms with van der Waals surface area (Å²) in [6, 6.07) is 0. The molecular formula is C13H25NO4S. The minimum atomic E-state index is -0.510. The van der Waals surface area contributed by atoms with Crippen LogP contribution in [0.25, 0.3) is 0 Å². The topological polar surface area (TPSA) is 55.8 Å². The van der Waals surface area contributed by atoms with Gasteiger partial charge in [-0.15, -0.1) is 0 Å². The van der Waals surface area contributed by atoms with Crippen molar-refractivity contribution >= 4 is 23.2 Å². The maximum atomic E-state index is 11.6. The second kappa shape index (κ2) is 7.03. The van der Waals surface area contributed by atoms with Crippen LogP contribution < -0.4 is 0 Å². The van der Waals surface area contributed by atoms with Gasteiger partial charge in [-0.3, -0.25) is 0 Å². The van der Waals surface area contributed by atoms with E-state index in [9.17, 15) is 9.59 Å². The van der Waals surface area contributed by atoms with E-state index < -0.39 is 17.3 Å². The van der Waals surface area contributed by atoms with E-state index in [1.54, 1.807) is 7.05 Å². The first-order valence-electron chi connectivity index (χ1n) is 6.20. The van der Waals surface area contributed by atoms with Crippen LogP contribution in [0, 0.1) is 0 Å². The van der Waals surface area contributed by atoms with E-state index in [4.69, 9.17) is 9.47 Å². The summed E-state index contributed by atoms with van der Waals surface area (Å²) in [5.41, 5.74) is -0.995. The lowest BCUT2D eigenvalue weighted by atomic mass is 10.2. The summed E-state index contributed by atoms with van der Waals surface area (Å²) < 4.78 is 10.3. The zero-order valence-electron chi connectivity index (χ0n) is 12.9. The first kappa shape index (κ1) is 18.1. The van der Waals surface area contributed by atoms with Crippen molar-refractivity contribution in [3.63, 3.8) is 0 Å². The number of amides is 1. The van der Waals surface area contributed by atoms with Gasteiger partial charge in [-0.1, -0.05) is 0 Å². The van der Waals surface area contributed by atoms with Gasteiger partial charge in [0.2, 0.25) is 0 Å². The monoisotopic (exact) mass is 291 g/mol. The van der Waals surface area contributed by atoms with Crippen LogP contribution in [0.4, 0.5) is 9.59 Å². The SMILES string of the molecule is CN(CCSC(=O)OC(C)(C)C)C(=O)OC(C)(C)C. The Kier molecular flexibility index (Phi) is 6.69. The summed E-state index contributed by atoms with van der Waals surface area (Å²) in [4.78, 5) is 24.5. The average Bonchev–Trinajstić information content (AvgIpc) is 2.11. The van der Waals surface area contributed by atoms with E-state index in [0.717, 1.165) is 11.8 Å². The van der Waals surface area contributed by atoms with Crippen molar-refractivity contribution in [2.45, 2.75) is 52.7 Å². The van der Waals surface area contributed by atoms with Crippen LogP contribution in [0.15, 0.2) is 0 Å². The van der Waals surface area contributed by atoms with E-state index in [2.05, 4.69) is 0 Å². The molecule has 0 aromatic heterocycles. The minimum Gasteiger partial charge on any atom is -0.452 e. The van der Waals surface area contributed by atoms with Crippen LogP contribution in [0.3, 0.4) is 0 Å². The van der Waals surface area contributed by atoms with Crippen molar-refractivity contribution in [2.75, 3.05) is 19.3 Å². The van der Waals surface area contributed by atoms with Crippen molar-refractivity contribution in [2.24, 2.45) is 0 Å². The van der Waals surface area contributed by atoms with Gasteiger partial charge < -0.3 is 14.4 Å².